The smallest absolute Gasteiger partial charge is 0.165 e. The van der Waals surface area contributed by atoms with Crippen LogP contribution < -0.4 is 5.73 Å². The lowest BCUT2D eigenvalue weighted by Crippen LogP contribution is -2.13. The number of aromatic nitrogens is 2. The van der Waals surface area contributed by atoms with Gasteiger partial charge in [-0.05, 0) is 17.5 Å². The quantitative estimate of drug-likeness (QED) is 0.785. The first-order valence-corrected chi connectivity index (χ1v) is 7.24. The van der Waals surface area contributed by atoms with E-state index >= 15 is 0 Å². The fourth-order valence-electron chi connectivity index (χ4n) is 1.81. The van der Waals surface area contributed by atoms with Crippen LogP contribution in [-0.2, 0) is 6.42 Å². The number of imidazole rings is 1. The van der Waals surface area contributed by atoms with Gasteiger partial charge in [-0.3, -0.25) is 0 Å². The van der Waals surface area contributed by atoms with Crippen molar-refractivity contribution in [1.29, 1.82) is 0 Å². The summed E-state index contributed by atoms with van der Waals surface area (Å²) in [4.78, 5) is 7.24. The number of nitrogens with zero attached hydrogens (tertiary/aromatic N) is 1. The number of H-pyrrole nitrogens is 1. The predicted octanol–water partition coefficient (Wildman–Crippen LogP) is 3.15. The van der Waals surface area contributed by atoms with Gasteiger partial charge in [-0.2, -0.15) is 0 Å². The van der Waals surface area contributed by atoms with Crippen molar-refractivity contribution in [1.82, 2.24) is 9.97 Å². The van der Waals surface area contributed by atoms with Gasteiger partial charge in [-0.25, -0.2) is 4.98 Å². The fraction of sp³-hybridized carbons (Fsp3) is 0.357. The fourth-order valence-corrected chi connectivity index (χ4v) is 2.63. The molecule has 1 aromatic heterocycles. The molecule has 96 valence electrons. The van der Waals surface area contributed by atoms with E-state index in [2.05, 4.69) is 41.2 Å². The van der Waals surface area contributed by atoms with Gasteiger partial charge < -0.3 is 10.7 Å². The van der Waals surface area contributed by atoms with E-state index in [4.69, 9.17) is 5.73 Å². The van der Waals surface area contributed by atoms with Crippen molar-refractivity contribution >= 4 is 11.8 Å². The highest BCUT2D eigenvalue weighted by Gasteiger charge is 2.07. The van der Waals surface area contributed by atoms with Gasteiger partial charge in [-0.1, -0.05) is 49.4 Å². The molecule has 2 aromatic rings. The SMILES string of the molecule is CCCc1ccc(C(N)CSc2ncc[nH]2)cc1. The Morgan fingerprint density at radius 3 is 2.72 bits per heavy atom. The van der Waals surface area contributed by atoms with Gasteiger partial charge in [0, 0.05) is 24.2 Å². The molecular weight excluding hydrogens is 242 g/mol. The molecular formula is C14H19N3S. The lowest BCUT2D eigenvalue weighted by atomic mass is 10.0. The molecule has 0 bridgehead atoms. The summed E-state index contributed by atoms with van der Waals surface area (Å²) in [6.45, 7) is 2.19. The predicted molar refractivity (Wildman–Crippen MR) is 76.7 cm³/mol. The Bertz CT molecular complexity index is 450. The van der Waals surface area contributed by atoms with Crippen LogP contribution in [0.15, 0.2) is 41.8 Å². The molecule has 3 N–H and O–H groups in total. The summed E-state index contributed by atoms with van der Waals surface area (Å²) >= 11 is 1.65. The molecule has 0 spiro atoms. The summed E-state index contributed by atoms with van der Waals surface area (Å²) in [5.74, 6) is 0.834. The maximum absolute atomic E-state index is 6.17. The summed E-state index contributed by atoms with van der Waals surface area (Å²) < 4.78 is 0. The molecule has 0 saturated carbocycles. The highest BCUT2D eigenvalue weighted by atomic mass is 32.2. The van der Waals surface area contributed by atoms with Crippen molar-refractivity contribution in [3.8, 4) is 0 Å². The van der Waals surface area contributed by atoms with Crippen LogP contribution >= 0.6 is 11.8 Å². The molecule has 3 nitrogen and oxygen atoms in total. The standard InChI is InChI=1S/C14H19N3S/c1-2-3-11-4-6-12(7-5-11)13(15)10-18-14-16-8-9-17-14/h4-9,13H,2-3,10,15H2,1H3,(H,16,17). The first-order chi connectivity index (χ1) is 8.79. The summed E-state index contributed by atoms with van der Waals surface area (Å²) in [5.41, 5.74) is 8.74. The van der Waals surface area contributed by atoms with E-state index in [9.17, 15) is 0 Å². The number of rotatable bonds is 6. The van der Waals surface area contributed by atoms with Crippen molar-refractivity contribution in [2.45, 2.75) is 31.0 Å². The van der Waals surface area contributed by atoms with E-state index in [1.807, 2.05) is 6.20 Å². The Kier molecular flexibility index (Phi) is 4.84. The molecule has 0 aliphatic rings. The van der Waals surface area contributed by atoms with E-state index in [0.29, 0.717) is 0 Å². The van der Waals surface area contributed by atoms with Crippen molar-refractivity contribution in [3.05, 3.63) is 47.8 Å². The van der Waals surface area contributed by atoms with E-state index < -0.39 is 0 Å². The van der Waals surface area contributed by atoms with Gasteiger partial charge >= 0.3 is 0 Å². The second kappa shape index (κ2) is 6.61. The highest BCUT2D eigenvalue weighted by molar-refractivity contribution is 7.99. The Morgan fingerprint density at radius 2 is 2.11 bits per heavy atom. The number of nitrogens with one attached hydrogen (secondary N) is 1. The highest BCUT2D eigenvalue weighted by Crippen LogP contribution is 2.20. The Morgan fingerprint density at radius 1 is 1.33 bits per heavy atom. The largest absolute Gasteiger partial charge is 0.340 e. The van der Waals surface area contributed by atoms with Crippen LogP contribution in [0.3, 0.4) is 0 Å². The summed E-state index contributed by atoms with van der Waals surface area (Å²) in [5, 5.41) is 0.924. The average molecular weight is 261 g/mol. The zero-order chi connectivity index (χ0) is 12.8. The first-order valence-electron chi connectivity index (χ1n) is 6.26. The second-order valence-corrected chi connectivity index (χ2v) is 5.31. The van der Waals surface area contributed by atoms with Crippen LogP contribution in [-0.4, -0.2) is 15.7 Å². The third-order valence-electron chi connectivity index (χ3n) is 2.82. The zero-order valence-electron chi connectivity index (χ0n) is 10.6. The van der Waals surface area contributed by atoms with E-state index in [1.54, 1.807) is 18.0 Å². The first kappa shape index (κ1) is 13.2. The molecule has 0 aliphatic carbocycles. The van der Waals surface area contributed by atoms with Crippen LogP contribution in [0.2, 0.25) is 0 Å². The van der Waals surface area contributed by atoms with Gasteiger partial charge in [-0.15, -0.1) is 0 Å². The molecule has 1 aromatic carbocycles. The molecule has 18 heavy (non-hydrogen) atoms. The van der Waals surface area contributed by atoms with Gasteiger partial charge in [0.2, 0.25) is 0 Å². The minimum absolute atomic E-state index is 0.0516. The lowest BCUT2D eigenvalue weighted by molar-refractivity contribution is 0.825. The van der Waals surface area contributed by atoms with Gasteiger partial charge in [0.25, 0.3) is 0 Å². The maximum Gasteiger partial charge on any atom is 0.165 e. The number of benzene rings is 1. The normalized spacial score (nSPS) is 12.6. The van der Waals surface area contributed by atoms with Gasteiger partial charge in [0.1, 0.15) is 0 Å². The number of hydrogen-bond acceptors (Lipinski definition) is 3. The molecule has 0 fully saturated rings. The minimum Gasteiger partial charge on any atom is -0.340 e. The molecule has 1 unspecified atom stereocenters. The molecule has 0 radical (unpaired) electrons. The summed E-state index contributed by atoms with van der Waals surface area (Å²) in [7, 11) is 0. The van der Waals surface area contributed by atoms with Crippen molar-refractivity contribution in [3.63, 3.8) is 0 Å². The second-order valence-electron chi connectivity index (χ2n) is 4.30. The Hall–Kier alpha value is -1.26. The number of thioether (sulfide) groups is 1. The van der Waals surface area contributed by atoms with E-state index in [-0.39, 0.29) is 6.04 Å². The third kappa shape index (κ3) is 3.62. The molecule has 0 saturated heterocycles. The minimum atomic E-state index is 0.0516. The summed E-state index contributed by atoms with van der Waals surface area (Å²) in [6.07, 6.45) is 5.90. The van der Waals surface area contributed by atoms with Crippen LogP contribution in [0, 0.1) is 0 Å². The monoisotopic (exact) mass is 261 g/mol. The van der Waals surface area contributed by atoms with Crippen LogP contribution in [0.5, 0.6) is 0 Å². The Balaban J connectivity index is 1.89. The van der Waals surface area contributed by atoms with E-state index in [1.165, 1.54) is 17.5 Å². The van der Waals surface area contributed by atoms with Gasteiger partial charge in [0.15, 0.2) is 5.16 Å². The van der Waals surface area contributed by atoms with Crippen molar-refractivity contribution in [2.75, 3.05) is 5.75 Å². The third-order valence-corrected chi connectivity index (χ3v) is 3.84. The number of nitrogens with two attached hydrogens (primary N) is 1. The molecule has 1 heterocycles. The number of aromatic amines is 1. The maximum atomic E-state index is 6.17. The van der Waals surface area contributed by atoms with Crippen LogP contribution in [0.4, 0.5) is 0 Å². The topological polar surface area (TPSA) is 54.7 Å². The molecule has 0 amide bonds. The molecule has 0 aliphatic heterocycles. The van der Waals surface area contributed by atoms with Crippen LogP contribution in [0.1, 0.15) is 30.5 Å². The molecule has 2 rings (SSSR count). The number of aryl methyl sites for hydroxylation is 1. The number of hydrogen-bond donors (Lipinski definition) is 2. The summed E-state index contributed by atoms with van der Waals surface area (Å²) in [6, 6.07) is 8.68. The van der Waals surface area contributed by atoms with E-state index in [0.717, 1.165) is 17.3 Å². The van der Waals surface area contributed by atoms with Crippen molar-refractivity contribution < 1.29 is 0 Å². The van der Waals surface area contributed by atoms with Crippen LogP contribution in [0.25, 0.3) is 0 Å². The molecule has 4 heteroatoms. The van der Waals surface area contributed by atoms with Gasteiger partial charge in [0.05, 0.1) is 0 Å². The zero-order valence-corrected chi connectivity index (χ0v) is 11.4. The average Bonchev–Trinajstić information content (AvgIpc) is 2.90. The lowest BCUT2D eigenvalue weighted by Gasteiger charge is -2.11. The van der Waals surface area contributed by atoms with Crippen molar-refractivity contribution in [2.24, 2.45) is 5.73 Å². The Labute approximate surface area is 112 Å². The molecule has 1 atom stereocenters.